The van der Waals surface area contributed by atoms with Crippen molar-refractivity contribution in [1.29, 1.82) is 0 Å². The second-order valence-corrected chi connectivity index (χ2v) is 6.78. The van der Waals surface area contributed by atoms with Gasteiger partial charge in [0.15, 0.2) is 11.5 Å². The minimum absolute atomic E-state index is 0.416. The van der Waals surface area contributed by atoms with E-state index >= 15 is 0 Å². The molecule has 22 heavy (non-hydrogen) atoms. The number of nitrogens with one attached hydrogen (secondary N) is 1. The van der Waals surface area contributed by atoms with Crippen molar-refractivity contribution in [2.45, 2.75) is 31.8 Å². The molecule has 0 bridgehead atoms. The SMILES string of the molecule is COc1ccc(CNC2CCCc3sccc32)c(Cl)c1OC. The number of fused-ring (bicyclic) bond motifs is 1. The highest BCUT2D eigenvalue weighted by Gasteiger charge is 2.21. The van der Waals surface area contributed by atoms with Gasteiger partial charge < -0.3 is 14.8 Å². The number of benzene rings is 1. The van der Waals surface area contributed by atoms with Crippen LogP contribution in [-0.2, 0) is 13.0 Å². The van der Waals surface area contributed by atoms with Gasteiger partial charge in [-0.25, -0.2) is 0 Å². The maximum atomic E-state index is 6.45. The first-order chi connectivity index (χ1) is 10.7. The molecular weight excluding hydrogens is 318 g/mol. The first-order valence-corrected chi connectivity index (χ1v) is 8.69. The number of rotatable bonds is 5. The molecule has 0 amide bonds. The molecular formula is C17H20ClNO2S. The van der Waals surface area contributed by atoms with Gasteiger partial charge in [-0.15, -0.1) is 11.3 Å². The lowest BCUT2D eigenvalue weighted by Crippen LogP contribution is -2.24. The van der Waals surface area contributed by atoms with E-state index in [1.54, 1.807) is 14.2 Å². The predicted octanol–water partition coefficient (Wildman–Crippen LogP) is 4.59. The number of halogens is 1. The Morgan fingerprint density at radius 2 is 2.14 bits per heavy atom. The second-order valence-electron chi connectivity index (χ2n) is 5.40. The molecule has 0 fully saturated rings. The van der Waals surface area contributed by atoms with E-state index in [4.69, 9.17) is 21.1 Å². The summed E-state index contributed by atoms with van der Waals surface area (Å²) in [5.41, 5.74) is 2.48. The molecule has 1 aliphatic carbocycles. The lowest BCUT2D eigenvalue weighted by atomic mass is 9.94. The van der Waals surface area contributed by atoms with Gasteiger partial charge in [0, 0.05) is 17.5 Å². The monoisotopic (exact) mass is 337 g/mol. The molecule has 1 aliphatic rings. The zero-order valence-corrected chi connectivity index (χ0v) is 14.4. The summed E-state index contributed by atoms with van der Waals surface area (Å²) in [6.07, 6.45) is 3.63. The minimum atomic E-state index is 0.416. The molecule has 0 spiro atoms. The average molecular weight is 338 g/mol. The van der Waals surface area contributed by atoms with E-state index in [1.807, 2.05) is 23.5 Å². The third-order valence-electron chi connectivity index (χ3n) is 4.16. The van der Waals surface area contributed by atoms with Crippen molar-refractivity contribution in [2.75, 3.05) is 14.2 Å². The summed E-state index contributed by atoms with van der Waals surface area (Å²) < 4.78 is 10.6. The molecule has 1 heterocycles. The van der Waals surface area contributed by atoms with Crippen LogP contribution in [0.15, 0.2) is 23.6 Å². The molecule has 1 N–H and O–H groups in total. The molecule has 1 unspecified atom stereocenters. The molecule has 3 rings (SSSR count). The first-order valence-electron chi connectivity index (χ1n) is 7.43. The quantitative estimate of drug-likeness (QED) is 0.865. The van der Waals surface area contributed by atoms with Gasteiger partial charge in [-0.05, 0) is 47.9 Å². The maximum absolute atomic E-state index is 6.45. The van der Waals surface area contributed by atoms with Crippen LogP contribution in [0.1, 0.15) is 34.9 Å². The summed E-state index contributed by atoms with van der Waals surface area (Å²) in [6.45, 7) is 0.721. The molecule has 5 heteroatoms. The van der Waals surface area contributed by atoms with Crippen LogP contribution < -0.4 is 14.8 Å². The second kappa shape index (κ2) is 6.90. The van der Waals surface area contributed by atoms with E-state index in [9.17, 15) is 0 Å². The topological polar surface area (TPSA) is 30.5 Å². The van der Waals surface area contributed by atoms with Crippen LogP contribution in [0.5, 0.6) is 11.5 Å². The predicted molar refractivity (Wildman–Crippen MR) is 91.4 cm³/mol. The van der Waals surface area contributed by atoms with Gasteiger partial charge in [-0.3, -0.25) is 0 Å². The van der Waals surface area contributed by atoms with Crippen molar-refractivity contribution in [1.82, 2.24) is 5.32 Å². The third kappa shape index (κ3) is 2.96. The maximum Gasteiger partial charge on any atom is 0.179 e. The summed E-state index contributed by atoms with van der Waals surface area (Å²) in [7, 11) is 3.23. The van der Waals surface area contributed by atoms with Gasteiger partial charge in [-0.2, -0.15) is 0 Å². The lowest BCUT2D eigenvalue weighted by molar-refractivity contribution is 0.354. The summed E-state index contributed by atoms with van der Waals surface area (Å²) >= 11 is 8.31. The zero-order valence-electron chi connectivity index (χ0n) is 12.8. The fraction of sp³-hybridized carbons (Fsp3) is 0.412. The molecule has 118 valence electrons. The minimum Gasteiger partial charge on any atom is -0.493 e. The number of aryl methyl sites for hydroxylation is 1. The van der Waals surface area contributed by atoms with Crippen molar-refractivity contribution in [3.8, 4) is 11.5 Å². The summed E-state index contributed by atoms with van der Waals surface area (Å²) in [5, 5.41) is 6.45. The van der Waals surface area contributed by atoms with Crippen molar-refractivity contribution >= 4 is 22.9 Å². The number of thiophene rings is 1. The Bertz CT molecular complexity index is 656. The van der Waals surface area contributed by atoms with Crippen molar-refractivity contribution in [2.24, 2.45) is 0 Å². The summed E-state index contributed by atoms with van der Waals surface area (Å²) in [4.78, 5) is 1.52. The fourth-order valence-electron chi connectivity index (χ4n) is 3.00. The molecule has 0 aliphatic heterocycles. The molecule has 3 nitrogen and oxygen atoms in total. The average Bonchev–Trinajstić information content (AvgIpc) is 3.02. The van der Waals surface area contributed by atoms with Gasteiger partial charge in [-0.1, -0.05) is 17.7 Å². The van der Waals surface area contributed by atoms with Gasteiger partial charge in [0.05, 0.1) is 19.2 Å². The van der Waals surface area contributed by atoms with Crippen molar-refractivity contribution < 1.29 is 9.47 Å². The standard InChI is InChI=1S/C17H20ClNO2S/c1-20-14-7-6-11(16(18)17(14)21-2)10-19-13-4-3-5-15-12(13)8-9-22-15/h6-9,13,19H,3-5,10H2,1-2H3. The largest absolute Gasteiger partial charge is 0.493 e. The Hall–Kier alpha value is -1.23. The highest BCUT2D eigenvalue weighted by molar-refractivity contribution is 7.10. The van der Waals surface area contributed by atoms with Crippen LogP contribution in [0.3, 0.4) is 0 Å². The van der Waals surface area contributed by atoms with Crippen molar-refractivity contribution in [3.63, 3.8) is 0 Å². The molecule has 1 atom stereocenters. The normalized spacial score (nSPS) is 17.1. The van der Waals surface area contributed by atoms with Crippen molar-refractivity contribution in [3.05, 3.63) is 44.6 Å². The molecule has 0 saturated carbocycles. The lowest BCUT2D eigenvalue weighted by Gasteiger charge is -2.24. The van der Waals surface area contributed by atoms with E-state index < -0.39 is 0 Å². The van der Waals surface area contributed by atoms with E-state index in [-0.39, 0.29) is 0 Å². The van der Waals surface area contributed by atoms with E-state index in [0.29, 0.717) is 22.6 Å². The number of ether oxygens (including phenoxy) is 2. The van der Waals surface area contributed by atoms with E-state index in [1.165, 1.54) is 29.7 Å². The Morgan fingerprint density at radius 1 is 1.27 bits per heavy atom. The Morgan fingerprint density at radius 3 is 2.91 bits per heavy atom. The van der Waals surface area contributed by atoms with E-state index in [2.05, 4.69) is 16.8 Å². The number of hydrogen-bond acceptors (Lipinski definition) is 4. The van der Waals surface area contributed by atoms with Crippen LogP contribution in [0.4, 0.5) is 0 Å². The highest BCUT2D eigenvalue weighted by atomic mass is 35.5. The van der Waals surface area contributed by atoms with Crippen LogP contribution in [-0.4, -0.2) is 14.2 Å². The Labute approximate surface area is 140 Å². The van der Waals surface area contributed by atoms with Gasteiger partial charge in [0.1, 0.15) is 0 Å². The Kier molecular flexibility index (Phi) is 4.91. The Balaban J connectivity index is 1.75. The van der Waals surface area contributed by atoms with Crippen LogP contribution >= 0.6 is 22.9 Å². The molecule has 0 radical (unpaired) electrons. The van der Waals surface area contributed by atoms with Crippen LogP contribution in [0, 0.1) is 0 Å². The van der Waals surface area contributed by atoms with Crippen LogP contribution in [0.25, 0.3) is 0 Å². The molecule has 0 saturated heterocycles. The third-order valence-corrected chi connectivity index (χ3v) is 5.57. The molecule has 2 aromatic rings. The summed E-state index contributed by atoms with van der Waals surface area (Å²) in [6, 6.07) is 6.55. The molecule has 1 aromatic carbocycles. The first kappa shape index (κ1) is 15.7. The number of methoxy groups -OCH3 is 2. The fourth-order valence-corrected chi connectivity index (χ4v) is 4.29. The number of hydrogen-bond donors (Lipinski definition) is 1. The van der Waals surface area contributed by atoms with E-state index in [0.717, 1.165) is 12.1 Å². The van der Waals surface area contributed by atoms with Crippen LogP contribution in [0.2, 0.25) is 5.02 Å². The van der Waals surface area contributed by atoms with Gasteiger partial charge in [0.25, 0.3) is 0 Å². The molecule has 1 aromatic heterocycles. The van der Waals surface area contributed by atoms with Gasteiger partial charge >= 0.3 is 0 Å². The van der Waals surface area contributed by atoms with Gasteiger partial charge in [0.2, 0.25) is 0 Å². The zero-order chi connectivity index (χ0) is 15.5. The summed E-state index contributed by atoms with van der Waals surface area (Å²) in [5.74, 6) is 1.26. The smallest absolute Gasteiger partial charge is 0.179 e. The highest BCUT2D eigenvalue weighted by Crippen LogP contribution is 2.38.